The lowest BCUT2D eigenvalue weighted by molar-refractivity contribution is 0.101. The number of hydrogen-bond acceptors (Lipinski definition) is 6. The molecule has 6 heteroatoms. The largest absolute Gasteiger partial charge is 0.497 e. The van der Waals surface area contributed by atoms with Gasteiger partial charge in [-0.15, -0.1) is 0 Å². The van der Waals surface area contributed by atoms with E-state index in [1.165, 1.54) is 5.56 Å². The highest BCUT2D eigenvalue weighted by atomic mass is 16.5. The fourth-order valence-electron chi connectivity index (χ4n) is 2.81. The highest BCUT2D eigenvalue weighted by Crippen LogP contribution is 2.19. The molecule has 144 valence electrons. The zero-order valence-electron chi connectivity index (χ0n) is 16.3. The number of Topliss-reactive ketones (excluding diaryl/α,β-unsaturated/α-hetero) is 1. The van der Waals surface area contributed by atoms with E-state index in [-0.39, 0.29) is 5.78 Å². The molecule has 0 aliphatic heterocycles. The van der Waals surface area contributed by atoms with Crippen molar-refractivity contribution in [1.82, 2.24) is 9.97 Å². The van der Waals surface area contributed by atoms with Crippen LogP contribution in [0.1, 0.15) is 28.7 Å². The van der Waals surface area contributed by atoms with Crippen LogP contribution in [0.15, 0.2) is 54.6 Å². The van der Waals surface area contributed by atoms with Crippen LogP contribution < -0.4 is 15.4 Å². The second-order valence-corrected chi connectivity index (χ2v) is 6.47. The summed E-state index contributed by atoms with van der Waals surface area (Å²) in [4.78, 5) is 20.4. The number of methoxy groups -OCH3 is 1. The molecule has 6 nitrogen and oxygen atoms in total. The third kappa shape index (κ3) is 5.30. The Labute approximate surface area is 165 Å². The van der Waals surface area contributed by atoms with Crippen molar-refractivity contribution in [3.05, 3.63) is 71.5 Å². The normalized spacial score (nSPS) is 10.4. The zero-order chi connectivity index (χ0) is 19.9. The molecule has 0 saturated heterocycles. The molecule has 3 rings (SSSR count). The predicted molar refractivity (Wildman–Crippen MR) is 112 cm³/mol. The smallest absolute Gasteiger partial charge is 0.159 e. The van der Waals surface area contributed by atoms with Crippen molar-refractivity contribution in [2.75, 3.05) is 24.3 Å². The minimum atomic E-state index is 0.0309. The summed E-state index contributed by atoms with van der Waals surface area (Å²) in [7, 11) is 1.66. The van der Waals surface area contributed by atoms with E-state index in [1.807, 2.05) is 43.3 Å². The molecule has 0 fully saturated rings. The number of ether oxygens (including phenoxy) is 1. The van der Waals surface area contributed by atoms with Crippen molar-refractivity contribution < 1.29 is 9.53 Å². The molecule has 0 saturated carbocycles. The third-order valence-electron chi connectivity index (χ3n) is 4.26. The van der Waals surface area contributed by atoms with Crippen LogP contribution in [-0.4, -0.2) is 29.4 Å². The van der Waals surface area contributed by atoms with E-state index >= 15 is 0 Å². The van der Waals surface area contributed by atoms with Gasteiger partial charge in [0.05, 0.1) is 7.11 Å². The van der Waals surface area contributed by atoms with E-state index in [1.54, 1.807) is 20.1 Å². The summed E-state index contributed by atoms with van der Waals surface area (Å²) in [5.74, 6) is 2.99. The van der Waals surface area contributed by atoms with Crippen LogP contribution in [0.3, 0.4) is 0 Å². The number of carbonyl (C=O) groups excluding carboxylic acids is 1. The molecule has 28 heavy (non-hydrogen) atoms. The standard InChI is InChI=1S/C22H24N4O2/c1-15(27)18-5-4-6-19(13-18)26-22-14-21(24-16(2)25-22)23-12-11-17-7-9-20(28-3)10-8-17/h4-10,13-14H,11-12H2,1-3H3,(H2,23,24,25,26). The first kappa shape index (κ1) is 19.4. The molecule has 2 aromatic carbocycles. The number of nitrogens with one attached hydrogen (secondary N) is 2. The topological polar surface area (TPSA) is 76.1 Å². The molecule has 0 bridgehead atoms. The quantitative estimate of drug-likeness (QED) is 0.568. The van der Waals surface area contributed by atoms with Gasteiger partial charge in [0.1, 0.15) is 23.2 Å². The van der Waals surface area contributed by atoms with Crippen molar-refractivity contribution >= 4 is 23.1 Å². The molecule has 0 radical (unpaired) electrons. The summed E-state index contributed by atoms with van der Waals surface area (Å²) in [5, 5.41) is 6.59. The van der Waals surface area contributed by atoms with Gasteiger partial charge in [-0.3, -0.25) is 4.79 Å². The maximum Gasteiger partial charge on any atom is 0.159 e. The van der Waals surface area contributed by atoms with Gasteiger partial charge >= 0.3 is 0 Å². The molecule has 3 aromatic rings. The number of anilines is 3. The number of ketones is 1. The highest BCUT2D eigenvalue weighted by molar-refractivity contribution is 5.95. The lowest BCUT2D eigenvalue weighted by atomic mass is 10.1. The van der Waals surface area contributed by atoms with Gasteiger partial charge in [-0.25, -0.2) is 9.97 Å². The van der Waals surface area contributed by atoms with Crippen molar-refractivity contribution in [2.24, 2.45) is 0 Å². The van der Waals surface area contributed by atoms with Crippen LogP contribution in [0, 0.1) is 6.92 Å². The lowest BCUT2D eigenvalue weighted by Gasteiger charge is -2.11. The van der Waals surface area contributed by atoms with Crippen LogP contribution in [0.4, 0.5) is 17.3 Å². The Bertz CT molecular complexity index is 955. The Kier molecular flexibility index (Phi) is 6.22. The lowest BCUT2D eigenvalue weighted by Crippen LogP contribution is -2.08. The molecular formula is C22H24N4O2. The summed E-state index contributed by atoms with van der Waals surface area (Å²) in [5.41, 5.74) is 2.70. The number of aromatic nitrogens is 2. The Morgan fingerprint density at radius 1 is 1.04 bits per heavy atom. The molecule has 0 atom stereocenters. The Morgan fingerprint density at radius 2 is 1.79 bits per heavy atom. The van der Waals surface area contributed by atoms with Crippen LogP contribution in [0.2, 0.25) is 0 Å². The number of hydrogen-bond donors (Lipinski definition) is 2. The van der Waals surface area contributed by atoms with E-state index in [0.29, 0.717) is 17.2 Å². The number of benzene rings is 2. The molecule has 0 unspecified atom stereocenters. The molecule has 0 aliphatic carbocycles. The highest BCUT2D eigenvalue weighted by Gasteiger charge is 2.05. The summed E-state index contributed by atoms with van der Waals surface area (Å²) in [6, 6.07) is 17.3. The summed E-state index contributed by atoms with van der Waals surface area (Å²) in [6.45, 7) is 4.16. The van der Waals surface area contributed by atoms with Gasteiger partial charge < -0.3 is 15.4 Å². The molecule has 2 N–H and O–H groups in total. The van der Waals surface area contributed by atoms with Gasteiger partial charge in [0.2, 0.25) is 0 Å². The minimum Gasteiger partial charge on any atom is -0.497 e. The number of aryl methyl sites for hydroxylation is 1. The van der Waals surface area contributed by atoms with E-state index < -0.39 is 0 Å². The van der Waals surface area contributed by atoms with Crippen molar-refractivity contribution in [3.63, 3.8) is 0 Å². The molecular weight excluding hydrogens is 352 g/mol. The Morgan fingerprint density at radius 3 is 2.50 bits per heavy atom. The second-order valence-electron chi connectivity index (χ2n) is 6.47. The van der Waals surface area contributed by atoms with E-state index in [0.717, 1.165) is 30.2 Å². The van der Waals surface area contributed by atoms with Crippen molar-refractivity contribution in [2.45, 2.75) is 20.3 Å². The van der Waals surface area contributed by atoms with Gasteiger partial charge in [-0.2, -0.15) is 0 Å². The third-order valence-corrected chi connectivity index (χ3v) is 4.26. The zero-order valence-corrected chi connectivity index (χ0v) is 16.3. The van der Waals surface area contributed by atoms with E-state index in [4.69, 9.17) is 4.74 Å². The molecule has 1 heterocycles. The van der Waals surface area contributed by atoms with E-state index in [9.17, 15) is 4.79 Å². The average molecular weight is 376 g/mol. The van der Waals surface area contributed by atoms with Gasteiger partial charge in [-0.05, 0) is 50.1 Å². The van der Waals surface area contributed by atoms with Gasteiger partial charge in [0.25, 0.3) is 0 Å². The van der Waals surface area contributed by atoms with E-state index in [2.05, 4.69) is 32.7 Å². The van der Waals surface area contributed by atoms with Gasteiger partial charge in [0.15, 0.2) is 5.78 Å². The Balaban J connectivity index is 1.64. The fourth-order valence-corrected chi connectivity index (χ4v) is 2.81. The SMILES string of the molecule is COc1ccc(CCNc2cc(Nc3cccc(C(C)=O)c3)nc(C)n2)cc1. The summed E-state index contributed by atoms with van der Waals surface area (Å²) in [6.07, 6.45) is 0.871. The van der Waals surface area contributed by atoms with Gasteiger partial charge in [0, 0.05) is 23.9 Å². The first-order chi connectivity index (χ1) is 13.5. The summed E-state index contributed by atoms with van der Waals surface area (Å²) >= 11 is 0. The van der Waals surface area contributed by atoms with Gasteiger partial charge in [-0.1, -0.05) is 24.3 Å². The molecule has 0 aliphatic rings. The second kappa shape index (κ2) is 8.99. The molecule has 1 aromatic heterocycles. The fraction of sp³-hybridized carbons (Fsp3) is 0.227. The average Bonchev–Trinajstić information content (AvgIpc) is 2.68. The number of carbonyl (C=O) groups is 1. The summed E-state index contributed by atoms with van der Waals surface area (Å²) < 4.78 is 5.18. The van der Waals surface area contributed by atoms with Crippen molar-refractivity contribution in [3.8, 4) is 5.75 Å². The Hall–Kier alpha value is -3.41. The van der Waals surface area contributed by atoms with Crippen molar-refractivity contribution in [1.29, 1.82) is 0 Å². The first-order valence-electron chi connectivity index (χ1n) is 9.14. The van der Waals surface area contributed by atoms with Crippen LogP contribution >= 0.6 is 0 Å². The maximum atomic E-state index is 11.6. The number of rotatable bonds is 8. The maximum absolute atomic E-state index is 11.6. The van der Waals surface area contributed by atoms with Crippen LogP contribution in [0.5, 0.6) is 5.75 Å². The molecule has 0 spiro atoms. The van der Waals surface area contributed by atoms with Crippen LogP contribution in [-0.2, 0) is 6.42 Å². The number of nitrogens with zero attached hydrogens (tertiary/aromatic N) is 2. The monoisotopic (exact) mass is 376 g/mol. The van der Waals surface area contributed by atoms with Crippen LogP contribution in [0.25, 0.3) is 0 Å². The first-order valence-corrected chi connectivity index (χ1v) is 9.14. The molecule has 0 amide bonds. The predicted octanol–water partition coefficient (Wildman–Crippen LogP) is 4.39. The minimum absolute atomic E-state index is 0.0309.